The highest BCUT2D eigenvalue weighted by Gasteiger charge is 2.64. The minimum Gasteiger partial charge on any atom is -0.467 e. The van der Waals surface area contributed by atoms with E-state index in [2.05, 4.69) is 48.5 Å². The van der Waals surface area contributed by atoms with Gasteiger partial charge in [0, 0.05) is 17.3 Å². The van der Waals surface area contributed by atoms with Crippen LogP contribution in [0.25, 0.3) is 0 Å². The molecule has 0 aliphatic carbocycles. The molecule has 0 radical (unpaired) electrons. The molecule has 33 heavy (non-hydrogen) atoms. The first-order valence-electron chi connectivity index (χ1n) is 11.9. The van der Waals surface area contributed by atoms with Crippen LogP contribution < -0.4 is 0 Å². The molecule has 0 spiro atoms. The van der Waals surface area contributed by atoms with Gasteiger partial charge in [0.1, 0.15) is 6.23 Å². The van der Waals surface area contributed by atoms with Crippen LogP contribution in [0.15, 0.2) is 60.7 Å². The summed E-state index contributed by atoms with van der Waals surface area (Å²) in [5.41, 5.74) is 1.29. The van der Waals surface area contributed by atoms with E-state index in [0.29, 0.717) is 6.42 Å². The Morgan fingerprint density at radius 2 is 1.67 bits per heavy atom. The Balaban J connectivity index is 1.50. The van der Waals surface area contributed by atoms with Gasteiger partial charge in [-0.15, -0.1) is 0 Å². The second-order valence-electron chi connectivity index (χ2n) is 10.5. The van der Waals surface area contributed by atoms with Crippen molar-refractivity contribution in [2.24, 2.45) is 11.3 Å². The van der Waals surface area contributed by atoms with E-state index in [1.165, 1.54) is 18.2 Å². The van der Waals surface area contributed by atoms with Crippen molar-refractivity contribution in [2.45, 2.75) is 64.1 Å². The third-order valence-corrected chi connectivity index (χ3v) is 7.10. The molecule has 3 unspecified atom stereocenters. The number of esters is 1. The molecule has 5 nitrogen and oxygen atoms in total. The summed E-state index contributed by atoms with van der Waals surface area (Å²) in [7, 11) is 1.39. The van der Waals surface area contributed by atoms with Crippen LogP contribution in [0.5, 0.6) is 0 Å². The Labute approximate surface area is 197 Å². The summed E-state index contributed by atoms with van der Waals surface area (Å²) in [5, 5.41) is 0. The standard InChI is InChI=1S/C28H35NO4/c1-27(2,3)25-29-24(30)22(18-28(29,19-33-25)26(31)32-4)16-11-17-23(20-12-7-5-8-13-20)21-14-9-6-10-15-21/h5-10,12-15,22-23,25H,11,16-19H2,1-4H3. The number of carbonyl (C=O) groups excluding carboxylic acids is 2. The molecule has 0 bridgehead atoms. The van der Waals surface area contributed by atoms with Gasteiger partial charge in [-0.3, -0.25) is 9.69 Å². The number of nitrogens with zero attached hydrogens (tertiary/aromatic N) is 1. The van der Waals surface area contributed by atoms with Gasteiger partial charge >= 0.3 is 5.97 Å². The Morgan fingerprint density at radius 1 is 1.09 bits per heavy atom. The molecule has 176 valence electrons. The number of hydrogen-bond donors (Lipinski definition) is 0. The smallest absolute Gasteiger partial charge is 0.334 e. The lowest BCUT2D eigenvalue weighted by Crippen LogP contribution is -2.54. The van der Waals surface area contributed by atoms with Gasteiger partial charge < -0.3 is 9.47 Å². The molecule has 5 heteroatoms. The molecule has 3 atom stereocenters. The molecule has 2 saturated heterocycles. The third-order valence-electron chi connectivity index (χ3n) is 7.10. The van der Waals surface area contributed by atoms with Crippen molar-refractivity contribution in [1.29, 1.82) is 0 Å². The summed E-state index contributed by atoms with van der Waals surface area (Å²) in [6.07, 6.45) is 2.64. The van der Waals surface area contributed by atoms with Crippen LogP contribution >= 0.6 is 0 Å². The fraction of sp³-hybridized carbons (Fsp3) is 0.500. The first-order valence-corrected chi connectivity index (χ1v) is 11.9. The predicted octanol–water partition coefficient (Wildman–Crippen LogP) is 5.15. The molecular weight excluding hydrogens is 414 g/mol. The van der Waals surface area contributed by atoms with E-state index >= 15 is 0 Å². The van der Waals surface area contributed by atoms with Crippen LogP contribution in [-0.4, -0.2) is 42.3 Å². The summed E-state index contributed by atoms with van der Waals surface area (Å²) in [4.78, 5) is 28.1. The van der Waals surface area contributed by atoms with Crippen LogP contribution in [-0.2, 0) is 19.1 Å². The fourth-order valence-electron chi connectivity index (χ4n) is 5.52. The maximum Gasteiger partial charge on any atom is 0.334 e. The second-order valence-corrected chi connectivity index (χ2v) is 10.5. The summed E-state index contributed by atoms with van der Waals surface area (Å²) in [6.45, 7) is 6.32. The van der Waals surface area contributed by atoms with E-state index in [9.17, 15) is 9.59 Å². The number of methoxy groups -OCH3 is 1. The zero-order chi connectivity index (χ0) is 23.6. The van der Waals surface area contributed by atoms with Crippen molar-refractivity contribution in [2.75, 3.05) is 13.7 Å². The van der Waals surface area contributed by atoms with Gasteiger partial charge in [-0.25, -0.2) is 4.79 Å². The minimum atomic E-state index is -0.993. The monoisotopic (exact) mass is 449 g/mol. The van der Waals surface area contributed by atoms with Crippen molar-refractivity contribution in [3.63, 3.8) is 0 Å². The maximum atomic E-state index is 13.5. The highest BCUT2D eigenvalue weighted by Crippen LogP contribution is 2.48. The van der Waals surface area contributed by atoms with Gasteiger partial charge in [0.05, 0.1) is 13.7 Å². The van der Waals surface area contributed by atoms with E-state index in [-0.39, 0.29) is 35.7 Å². The van der Waals surface area contributed by atoms with Crippen molar-refractivity contribution in [3.05, 3.63) is 71.8 Å². The molecule has 4 rings (SSSR count). The minimum absolute atomic E-state index is 0.0220. The lowest BCUT2D eigenvalue weighted by molar-refractivity contribution is -0.158. The number of ether oxygens (including phenoxy) is 2. The first-order chi connectivity index (χ1) is 15.8. The zero-order valence-corrected chi connectivity index (χ0v) is 20.1. The number of amides is 1. The van der Waals surface area contributed by atoms with Crippen LogP contribution in [0, 0.1) is 11.3 Å². The highest BCUT2D eigenvalue weighted by atomic mass is 16.6. The molecule has 2 heterocycles. The van der Waals surface area contributed by atoms with Gasteiger partial charge in [0.2, 0.25) is 5.91 Å². The van der Waals surface area contributed by atoms with E-state index in [0.717, 1.165) is 19.3 Å². The summed E-state index contributed by atoms with van der Waals surface area (Å²) in [5.74, 6) is -0.251. The first kappa shape index (κ1) is 23.5. The van der Waals surface area contributed by atoms with E-state index in [1.807, 2.05) is 32.9 Å². The van der Waals surface area contributed by atoms with Gasteiger partial charge in [-0.2, -0.15) is 0 Å². The normalized spacial score (nSPS) is 24.9. The SMILES string of the molecule is COC(=O)C12COC(C(C)(C)C)N1C(=O)C(CCCC(c1ccccc1)c1ccccc1)C2. The molecule has 2 fully saturated rings. The highest BCUT2D eigenvalue weighted by molar-refractivity contribution is 5.94. The largest absolute Gasteiger partial charge is 0.467 e. The molecule has 2 aliphatic heterocycles. The van der Waals surface area contributed by atoms with Crippen LogP contribution in [0.2, 0.25) is 0 Å². The molecule has 0 saturated carbocycles. The zero-order valence-electron chi connectivity index (χ0n) is 20.1. The van der Waals surface area contributed by atoms with Gasteiger partial charge in [0.25, 0.3) is 0 Å². The Hall–Kier alpha value is -2.66. The average Bonchev–Trinajstić information content (AvgIpc) is 3.33. The van der Waals surface area contributed by atoms with E-state index in [1.54, 1.807) is 4.90 Å². The van der Waals surface area contributed by atoms with Gasteiger partial charge in [-0.1, -0.05) is 87.9 Å². The van der Waals surface area contributed by atoms with Gasteiger partial charge in [-0.05, 0) is 30.4 Å². The molecule has 0 aromatic heterocycles. The van der Waals surface area contributed by atoms with Crippen LogP contribution in [0.1, 0.15) is 63.5 Å². The van der Waals surface area contributed by atoms with Crippen molar-refractivity contribution >= 4 is 11.9 Å². The number of hydrogen-bond acceptors (Lipinski definition) is 4. The van der Waals surface area contributed by atoms with Crippen LogP contribution in [0.3, 0.4) is 0 Å². The number of carbonyl (C=O) groups is 2. The topological polar surface area (TPSA) is 55.8 Å². The fourth-order valence-corrected chi connectivity index (χ4v) is 5.52. The lowest BCUT2D eigenvalue weighted by Gasteiger charge is -2.36. The molecule has 1 amide bonds. The summed E-state index contributed by atoms with van der Waals surface area (Å²) < 4.78 is 11.1. The second kappa shape index (κ2) is 9.30. The molecule has 2 aromatic carbocycles. The summed E-state index contributed by atoms with van der Waals surface area (Å²) >= 11 is 0. The Morgan fingerprint density at radius 3 is 2.18 bits per heavy atom. The molecule has 0 N–H and O–H groups in total. The lowest BCUT2D eigenvalue weighted by atomic mass is 9.84. The number of benzene rings is 2. The van der Waals surface area contributed by atoms with E-state index < -0.39 is 11.8 Å². The average molecular weight is 450 g/mol. The molecule has 2 aromatic rings. The number of fused-ring (bicyclic) bond motifs is 1. The number of rotatable bonds is 7. The van der Waals surface area contributed by atoms with Crippen molar-refractivity contribution < 1.29 is 19.1 Å². The van der Waals surface area contributed by atoms with Crippen molar-refractivity contribution in [3.8, 4) is 0 Å². The van der Waals surface area contributed by atoms with E-state index in [4.69, 9.17) is 9.47 Å². The summed E-state index contributed by atoms with van der Waals surface area (Å²) in [6, 6.07) is 21.1. The Bertz CT molecular complexity index is 929. The predicted molar refractivity (Wildman–Crippen MR) is 127 cm³/mol. The quantitative estimate of drug-likeness (QED) is 0.549. The molecular formula is C28H35NO4. The Kier molecular flexibility index (Phi) is 6.62. The molecule has 2 aliphatic rings. The van der Waals surface area contributed by atoms with Crippen LogP contribution in [0.4, 0.5) is 0 Å². The maximum absolute atomic E-state index is 13.5. The third kappa shape index (κ3) is 4.43. The van der Waals surface area contributed by atoms with Gasteiger partial charge in [0.15, 0.2) is 5.54 Å². The van der Waals surface area contributed by atoms with Crippen molar-refractivity contribution in [1.82, 2.24) is 4.90 Å².